The fraction of sp³-hybridized carbons (Fsp3) is 0.321. The second-order valence-electron chi connectivity index (χ2n) is 9.66. The van der Waals surface area contributed by atoms with Gasteiger partial charge in [0.2, 0.25) is 11.6 Å². The number of aliphatic imine (C=N–C) groups is 2. The summed E-state index contributed by atoms with van der Waals surface area (Å²) in [7, 11) is 0. The molecule has 1 fully saturated rings. The lowest BCUT2D eigenvalue weighted by atomic mass is 10.1. The first-order chi connectivity index (χ1) is 20.1. The zero-order valence-corrected chi connectivity index (χ0v) is 22.7. The van der Waals surface area contributed by atoms with Crippen molar-refractivity contribution in [1.29, 1.82) is 0 Å². The number of amides is 2. The molecule has 42 heavy (non-hydrogen) atoms. The molecule has 3 N–H and O–H groups in total. The first-order valence-electron chi connectivity index (χ1n) is 13.2. The number of benzene rings is 1. The first kappa shape index (κ1) is 29.3. The van der Waals surface area contributed by atoms with Gasteiger partial charge in [-0.3, -0.25) is 14.6 Å². The van der Waals surface area contributed by atoms with Crippen LogP contribution in [0.2, 0.25) is 0 Å². The second kappa shape index (κ2) is 11.9. The predicted octanol–water partition coefficient (Wildman–Crippen LogP) is 3.22. The minimum atomic E-state index is -4.56. The smallest absolute Gasteiger partial charge is 0.381 e. The van der Waals surface area contributed by atoms with E-state index in [0.29, 0.717) is 55.7 Å². The minimum absolute atomic E-state index is 0.0375. The zero-order valence-electron chi connectivity index (χ0n) is 22.7. The third kappa shape index (κ3) is 6.01. The number of alkyl halides is 3. The van der Waals surface area contributed by atoms with Crippen LogP contribution >= 0.6 is 0 Å². The summed E-state index contributed by atoms with van der Waals surface area (Å²) < 4.78 is 50.1. The Hall–Kier alpha value is -4.24. The number of fused-ring (bicyclic) bond motifs is 1. The van der Waals surface area contributed by atoms with E-state index >= 15 is 0 Å². The van der Waals surface area contributed by atoms with Crippen molar-refractivity contribution in [2.75, 3.05) is 38.2 Å². The summed E-state index contributed by atoms with van der Waals surface area (Å²) in [6.07, 6.45) is 0.971. The van der Waals surface area contributed by atoms with Gasteiger partial charge in [-0.2, -0.15) is 24.0 Å². The SMILES string of the molecule is CCOCCC(=O)N1CCO[C@@H](C2=C3C=NC=C[N+]3(N)C(c3ccc(C(=O)Nc4cc(C(F)(F)F)ccn4)cc3)=N2)C1. The lowest BCUT2D eigenvalue weighted by molar-refractivity contribution is -0.750. The van der Waals surface area contributed by atoms with E-state index < -0.39 is 23.8 Å². The summed E-state index contributed by atoms with van der Waals surface area (Å²) in [5.41, 5.74) is 0.996. The molecule has 2 amide bonds. The number of hydrogen-bond acceptors (Lipinski definition) is 8. The highest BCUT2D eigenvalue weighted by Crippen LogP contribution is 2.34. The average Bonchev–Trinajstić information content (AvgIpc) is 3.30. The van der Waals surface area contributed by atoms with Crippen LogP contribution in [0.1, 0.15) is 34.8 Å². The van der Waals surface area contributed by atoms with Gasteiger partial charge in [-0.25, -0.2) is 4.98 Å². The Morgan fingerprint density at radius 1 is 1.24 bits per heavy atom. The molecule has 3 aliphatic rings. The number of ether oxygens (including phenoxy) is 2. The molecule has 1 aromatic heterocycles. The van der Waals surface area contributed by atoms with E-state index in [1.165, 1.54) is 12.1 Å². The van der Waals surface area contributed by atoms with Gasteiger partial charge in [0.15, 0.2) is 0 Å². The van der Waals surface area contributed by atoms with Crippen molar-refractivity contribution in [3.8, 4) is 0 Å². The highest BCUT2D eigenvalue weighted by molar-refractivity contribution is 6.05. The molecule has 4 heterocycles. The number of halogens is 3. The summed E-state index contributed by atoms with van der Waals surface area (Å²) in [6.45, 7) is 3.83. The number of anilines is 1. The van der Waals surface area contributed by atoms with Crippen molar-refractivity contribution in [3.05, 3.63) is 83.1 Å². The van der Waals surface area contributed by atoms with E-state index in [4.69, 9.17) is 20.3 Å². The Morgan fingerprint density at radius 2 is 2.02 bits per heavy atom. The highest BCUT2D eigenvalue weighted by atomic mass is 19.4. The molecule has 0 spiro atoms. The maximum absolute atomic E-state index is 13.0. The van der Waals surface area contributed by atoms with Crippen molar-refractivity contribution >= 4 is 29.7 Å². The van der Waals surface area contributed by atoms with Crippen LogP contribution in [-0.4, -0.2) is 77.4 Å². The van der Waals surface area contributed by atoms with E-state index in [9.17, 15) is 22.8 Å². The number of rotatable bonds is 8. The number of pyridine rings is 1. The highest BCUT2D eigenvalue weighted by Gasteiger charge is 2.47. The number of nitrogens with two attached hydrogens (primary N) is 1. The van der Waals surface area contributed by atoms with Gasteiger partial charge in [-0.05, 0) is 43.3 Å². The van der Waals surface area contributed by atoms with Crippen LogP contribution < -0.4 is 11.2 Å². The monoisotopic (exact) mass is 584 g/mol. The Balaban J connectivity index is 1.34. The van der Waals surface area contributed by atoms with E-state index in [1.54, 1.807) is 35.6 Å². The molecule has 2 aromatic rings. The van der Waals surface area contributed by atoms with Crippen LogP contribution in [0.5, 0.6) is 0 Å². The molecular formula is C28H29F3N7O4+. The molecule has 0 saturated carbocycles. The number of allylic oxidation sites excluding steroid dienone is 1. The summed E-state index contributed by atoms with van der Waals surface area (Å²) in [6, 6.07) is 7.91. The Morgan fingerprint density at radius 3 is 2.76 bits per heavy atom. The molecule has 11 nitrogen and oxygen atoms in total. The van der Waals surface area contributed by atoms with E-state index in [2.05, 4.69) is 15.3 Å². The minimum Gasteiger partial charge on any atom is -0.381 e. The van der Waals surface area contributed by atoms with Crippen LogP contribution in [0.15, 0.2) is 76.4 Å². The van der Waals surface area contributed by atoms with Crippen LogP contribution in [0.3, 0.4) is 0 Å². The molecule has 1 aromatic carbocycles. The molecule has 1 saturated heterocycles. The number of amidine groups is 1. The van der Waals surface area contributed by atoms with Crippen molar-refractivity contribution in [3.63, 3.8) is 0 Å². The van der Waals surface area contributed by atoms with E-state index in [0.717, 1.165) is 18.3 Å². The molecule has 5 rings (SSSR count). The van der Waals surface area contributed by atoms with Crippen LogP contribution in [0.25, 0.3) is 0 Å². The van der Waals surface area contributed by atoms with E-state index in [-0.39, 0.29) is 28.3 Å². The number of morpholine rings is 1. The van der Waals surface area contributed by atoms with E-state index in [1.807, 2.05) is 6.92 Å². The molecule has 0 bridgehead atoms. The van der Waals surface area contributed by atoms with Gasteiger partial charge in [-0.15, -0.1) is 4.59 Å². The van der Waals surface area contributed by atoms with Gasteiger partial charge >= 0.3 is 6.18 Å². The molecule has 2 atom stereocenters. The van der Waals surface area contributed by atoms with Crippen molar-refractivity contribution in [1.82, 2.24) is 9.88 Å². The number of nitrogens with zero attached hydrogens (tertiary/aromatic N) is 5. The van der Waals surface area contributed by atoms with Gasteiger partial charge in [0.25, 0.3) is 11.7 Å². The number of carbonyl (C=O) groups excluding carboxylic acids is 2. The van der Waals surface area contributed by atoms with Gasteiger partial charge in [0.05, 0.1) is 49.7 Å². The van der Waals surface area contributed by atoms with Gasteiger partial charge in [-0.1, -0.05) is 0 Å². The molecular weight excluding hydrogens is 555 g/mol. The number of nitrogens with one attached hydrogen (secondary N) is 1. The fourth-order valence-electron chi connectivity index (χ4n) is 4.78. The van der Waals surface area contributed by atoms with Crippen LogP contribution in [0.4, 0.5) is 19.0 Å². The number of carbonyl (C=O) groups is 2. The summed E-state index contributed by atoms with van der Waals surface area (Å²) in [5.74, 6) is 6.35. The number of hydrogen-bond donors (Lipinski definition) is 2. The third-order valence-electron chi connectivity index (χ3n) is 6.95. The quantitative estimate of drug-likeness (QED) is 0.278. The molecule has 14 heteroatoms. The molecule has 1 unspecified atom stereocenters. The maximum Gasteiger partial charge on any atom is 0.416 e. The van der Waals surface area contributed by atoms with Crippen molar-refractivity contribution < 1.29 is 36.8 Å². The summed E-state index contributed by atoms with van der Waals surface area (Å²) >= 11 is 0. The van der Waals surface area contributed by atoms with Crippen LogP contribution in [-0.2, 0) is 20.4 Å². The second-order valence-corrected chi connectivity index (χ2v) is 9.66. The fourth-order valence-corrected chi connectivity index (χ4v) is 4.78. The topological polar surface area (TPSA) is 132 Å². The molecule has 0 aliphatic carbocycles. The average molecular weight is 585 g/mol. The molecule has 0 radical (unpaired) electrons. The molecule has 220 valence electrons. The summed E-state index contributed by atoms with van der Waals surface area (Å²) in [5, 5.41) is 2.39. The largest absolute Gasteiger partial charge is 0.416 e. The lowest BCUT2D eigenvalue weighted by Crippen LogP contribution is -2.53. The number of aromatic nitrogens is 1. The Kier molecular flexibility index (Phi) is 8.31. The predicted molar refractivity (Wildman–Crippen MR) is 147 cm³/mol. The summed E-state index contributed by atoms with van der Waals surface area (Å²) in [4.78, 5) is 40.0. The van der Waals surface area contributed by atoms with Gasteiger partial charge in [0.1, 0.15) is 23.8 Å². The normalized spacial score (nSPS) is 21.8. The Labute approximate surface area is 239 Å². The van der Waals surface area contributed by atoms with Crippen molar-refractivity contribution in [2.45, 2.75) is 25.6 Å². The zero-order chi connectivity index (χ0) is 29.9. The third-order valence-corrected chi connectivity index (χ3v) is 6.95. The lowest BCUT2D eigenvalue weighted by Gasteiger charge is -2.33. The maximum atomic E-state index is 13.0. The standard InChI is InChI=1S/C28H28F3N7O4/c1-2-41-13-8-24(39)37-11-14-42-22(17-37)25-21-16-33-10-12-38(21,32)26(36-25)18-3-5-19(6-4-18)27(40)35-23-15-20(7-9-34-23)28(29,30)31/h3-7,9-10,12,15-16,22H,2,8,11,13-14,17,32H2,1H3/p+1/t22-,38?/m1/s1. The van der Waals surface area contributed by atoms with Gasteiger partial charge < -0.3 is 19.7 Å². The number of quaternary nitrogens is 1. The molecule has 3 aliphatic heterocycles. The van der Waals surface area contributed by atoms with Crippen LogP contribution in [0, 0.1) is 0 Å². The van der Waals surface area contributed by atoms with Gasteiger partial charge in [0, 0.05) is 24.9 Å². The Bertz CT molecular complexity index is 1490. The first-order valence-corrected chi connectivity index (χ1v) is 13.2. The van der Waals surface area contributed by atoms with Crippen molar-refractivity contribution in [2.24, 2.45) is 15.8 Å².